The second-order valence-corrected chi connectivity index (χ2v) is 8.03. The lowest BCUT2D eigenvalue weighted by molar-refractivity contribution is -0.120. The molecule has 2 aromatic carbocycles. The van der Waals surface area contributed by atoms with Gasteiger partial charge < -0.3 is 14.4 Å². The molecular formula is C25H33N3O3. The molecule has 1 N–H and O–H groups in total. The Balaban J connectivity index is 2.10. The molecule has 1 unspecified atom stereocenters. The summed E-state index contributed by atoms with van der Waals surface area (Å²) in [5.74, 6) is 0.391. The van der Waals surface area contributed by atoms with Gasteiger partial charge in [0, 0.05) is 7.11 Å². The lowest BCUT2D eigenvalue weighted by atomic mass is 10.0. The quantitative estimate of drug-likeness (QED) is 0.543. The normalized spacial score (nSPS) is 12.4. The van der Waals surface area contributed by atoms with E-state index in [0.717, 1.165) is 51.8 Å². The van der Waals surface area contributed by atoms with Crippen molar-refractivity contribution < 1.29 is 14.6 Å². The standard InChI is InChI=1S/C25H33N3O3/c1-7-19-10-9-11-20(8-2)24(19)28(15-31-6)23(30)14-27-22-13-17(4)16(3)12-21(22)26-25(27)18(5)29/h9-13,18,29H,7-8,14-15H2,1-6H3. The number of carbonyl (C=O) groups is 1. The van der Waals surface area contributed by atoms with Gasteiger partial charge in [-0.05, 0) is 68.0 Å². The Bertz CT molecular complexity index is 1060. The lowest BCUT2D eigenvalue weighted by Crippen LogP contribution is -2.37. The van der Waals surface area contributed by atoms with Crippen LogP contribution in [0.1, 0.15) is 55.0 Å². The van der Waals surface area contributed by atoms with Gasteiger partial charge >= 0.3 is 0 Å². The SMILES string of the molecule is CCc1cccc(CC)c1N(COC)C(=O)Cn1c(C(C)O)nc2cc(C)c(C)cc21. The van der Waals surface area contributed by atoms with E-state index in [0.29, 0.717) is 5.82 Å². The van der Waals surface area contributed by atoms with Crippen LogP contribution >= 0.6 is 0 Å². The molecule has 3 rings (SSSR count). The van der Waals surface area contributed by atoms with Crippen molar-refractivity contribution in [3.8, 4) is 0 Å². The number of methoxy groups -OCH3 is 1. The number of carbonyl (C=O) groups excluding carboxylic acids is 1. The molecule has 1 aromatic heterocycles. The number of aromatic nitrogens is 2. The van der Waals surface area contributed by atoms with Crippen LogP contribution < -0.4 is 4.90 Å². The molecule has 166 valence electrons. The largest absolute Gasteiger partial charge is 0.385 e. The number of aliphatic hydroxyl groups excluding tert-OH is 1. The maximum Gasteiger partial charge on any atom is 0.248 e. The number of imidazole rings is 1. The fourth-order valence-corrected chi connectivity index (χ4v) is 4.06. The number of fused-ring (bicyclic) bond motifs is 1. The summed E-state index contributed by atoms with van der Waals surface area (Å²) in [5, 5.41) is 10.3. The van der Waals surface area contributed by atoms with Gasteiger partial charge in [-0.1, -0.05) is 32.0 Å². The van der Waals surface area contributed by atoms with Crippen molar-refractivity contribution in [1.29, 1.82) is 0 Å². The Labute approximate surface area is 184 Å². The smallest absolute Gasteiger partial charge is 0.248 e. The van der Waals surface area contributed by atoms with E-state index < -0.39 is 6.10 Å². The second-order valence-electron chi connectivity index (χ2n) is 8.03. The number of amides is 1. The first-order chi connectivity index (χ1) is 14.8. The third-order valence-electron chi connectivity index (χ3n) is 5.85. The average molecular weight is 424 g/mol. The Hall–Kier alpha value is -2.70. The molecule has 1 heterocycles. The third-order valence-corrected chi connectivity index (χ3v) is 5.85. The maximum absolute atomic E-state index is 13.6. The zero-order chi connectivity index (χ0) is 22.7. The summed E-state index contributed by atoms with van der Waals surface area (Å²) >= 11 is 0. The molecule has 1 atom stereocenters. The zero-order valence-electron chi connectivity index (χ0n) is 19.4. The Kier molecular flexibility index (Phi) is 7.13. The number of rotatable bonds is 8. The van der Waals surface area contributed by atoms with Crippen LogP contribution in [0.5, 0.6) is 0 Å². The van der Waals surface area contributed by atoms with Gasteiger partial charge in [-0.2, -0.15) is 0 Å². The van der Waals surface area contributed by atoms with Crippen LogP contribution in [-0.2, 0) is 28.9 Å². The molecule has 0 fully saturated rings. The number of aryl methyl sites for hydroxylation is 4. The van der Waals surface area contributed by atoms with Crippen LogP contribution in [-0.4, -0.2) is 34.4 Å². The minimum atomic E-state index is -0.786. The fourth-order valence-electron chi connectivity index (χ4n) is 4.06. The number of hydrogen-bond acceptors (Lipinski definition) is 4. The van der Waals surface area contributed by atoms with Gasteiger partial charge in [0.1, 0.15) is 25.2 Å². The van der Waals surface area contributed by atoms with E-state index >= 15 is 0 Å². The first kappa shape index (κ1) is 23.0. The van der Waals surface area contributed by atoms with E-state index in [1.807, 2.05) is 36.6 Å². The predicted octanol–water partition coefficient (Wildman–Crippen LogP) is 4.47. The number of hydrogen-bond donors (Lipinski definition) is 1. The van der Waals surface area contributed by atoms with Gasteiger partial charge in [0.25, 0.3) is 0 Å². The molecule has 0 saturated carbocycles. The van der Waals surface area contributed by atoms with Gasteiger partial charge in [-0.25, -0.2) is 4.98 Å². The molecule has 6 nitrogen and oxygen atoms in total. The third kappa shape index (κ3) is 4.50. The molecule has 0 spiro atoms. The van der Waals surface area contributed by atoms with Crippen molar-refractivity contribution in [1.82, 2.24) is 9.55 Å². The minimum absolute atomic E-state index is 0.0732. The monoisotopic (exact) mass is 423 g/mol. The predicted molar refractivity (Wildman–Crippen MR) is 124 cm³/mol. The number of aliphatic hydroxyl groups is 1. The van der Waals surface area contributed by atoms with Crippen molar-refractivity contribution in [2.24, 2.45) is 0 Å². The summed E-state index contributed by atoms with van der Waals surface area (Å²) in [6.45, 7) is 10.2. The highest BCUT2D eigenvalue weighted by atomic mass is 16.5. The van der Waals surface area contributed by atoms with Crippen LogP contribution in [0, 0.1) is 13.8 Å². The number of nitrogens with zero attached hydrogens (tertiary/aromatic N) is 3. The molecule has 0 aliphatic carbocycles. The van der Waals surface area contributed by atoms with E-state index in [1.54, 1.807) is 18.9 Å². The molecule has 6 heteroatoms. The molecule has 0 bridgehead atoms. The highest BCUT2D eigenvalue weighted by molar-refractivity contribution is 5.95. The Morgan fingerprint density at radius 3 is 2.32 bits per heavy atom. The summed E-state index contributed by atoms with van der Waals surface area (Å²) in [6.07, 6.45) is 0.857. The van der Waals surface area contributed by atoms with Crippen molar-refractivity contribution >= 4 is 22.6 Å². The lowest BCUT2D eigenvalue weighted by Gasteiger charge is -2.27. The second kappa shape index (κ2) is 9.62. The van der Waals surface area contributed by atoms with Gasteiger partial charge in [-0.3, -0.25) is 9.69 Å². The number of anilines is 1. The molecule has 0 saturated heterocycles. The number of para-hydroxylation sites is 1. The van der Waals surface area contributed by atoms with Gasteiger partial charge in [-0.15, -0.1) is 0 Å². The van der Waals surface area contributed by atoms with Gasteiger partial charge in [0.15, 0.2) is 0 Å². The molecule has 0 aliphatic rings. The van der Waals surface area contributed by atoms with E-state index in [-0.39, 0.29) is 19.2 Å². The van der Waals surface area contributed by atoms with Crippen LogP contribution in [0.4, 0.5) is 5.69 Å². The summed E-state index contributed by atoms with van der Waals surface area (Å²) in [5.41, 5.74) is 7.04. The Morgan fingerprint density at radius 2 is 1.77 bits per heavy atom. The van der Waals surface area contributed by atoms with Crippen LogP contribution in [0.2, 0.25) is 0 Å². The molecule has 0 aliphatic heterocycles. The highest BCUT2D eigenvalue weighted by Gasteiger charge is 2.24. The summed E-state index contributed by atoms with van der Waals surface area (Å²) < 4.78 is 7.26. The summed E-state index contributed by atoms with van der Waals surface area (Å²) in [6, 6.07) is 10.2. The molecule has 31 heavy (non-hydrogen) atoms. The van der Waals surface area contributed by atoms with Crippen LogP contribution in [0.25, 0.3) is 11.0 Å². The van der Waals surface area contributed by atoms with Crippen molar-refractivity contribution in [3.05, 3.63) is 58.4 Å². The van der Waals surface area contributed by atoms with E-state index in [4.69, 9.17) is 4.74 Å². The highest BCUT2D eigenvalue weighted by Crippen LogP contribution is 2.29. The number of ether oxygens (including phenoxy) is 1. The summed E-state index contributed by atoms with van der Waals surface area (Å²) in [4.78, 5) is 20.0. The van der Waals surface area contributed by atoms with E-state index in [2.05, 4.69) is 31.0 Å². The minimum Gasteiger partial charge on any atom is -0.385 e. The summed E-state index contributed by atoms with van der Waals surface area (Å²) in [7, 11) is 1.60. The fraction of sp³-hybridized carbons (Fsp3) is 0.440. The van der Waals surface area contributed by atoms with E-state index in [9.17, 15) is 9.90 Å². The maximum atomic E-state index is 13.6. The first-order valence-corrected chi connectivity index (χ1v) is 10.9. The van der Waals surface area contributed by atoms with Gasteiger partial charge in [0.05, 0.1) is 16.7 Å². The van der Waals surface area contributed by atoms with Crippen LogP contribution in [0.15, 0.2) is 30.3 Å². The van der Waals surface area contributed by atoms with Gasteiger partial charge in [0.2, 0.25) is 5.91 Å². The van der Waals surface area contributed by atoms with Crippen molar-refractivity contribution in [2.75, 3.05) is 18.7 Å². The first-order valence-electron chi connectivity index (χ1n) is 10.9. The van der Waals surface area contributed by atoms with E-state index in [1.165, 1.54) is 0 Å². The molecule has 0 radical (unpaired) electrons. The average Bonchev–Trinajstić information content (AvgIpc) is 3.09. The Morgan fingerprint density at radius 1 is 1.16 bits per heavy atom. The molecule has 1 amide bonds. The van der Waals surface area contributed by atoms with Crippen molar-refractivity contribution in [3.63, 3.8) is 0 Å². The molecular weight excluding hydrogens is 390 g/mol. The zero-order valence-corrected chi connectivity index (χ0v) is 19.4. The topological polar surface area (TPSA) is 67.6 Å². The van der Waals surface area contributed by atoms with Crippen LogP contribution in [0.3, 0.4) is 0 Å². The molecule has 3 aromatic rings. The number of benzene rings is 2. The van der Waals surface area contributed by atoms with Crippen molar-refractivity contribution in [2.45, 2.75) is 60.1 Å².